The summed E-state index contributed by atoms with van der Waals surface area (Å²) in [5.74, 6) is -1.21. The summed E-state index contributed by atoms with van der Waals surface area (Å²) >= 11 is 0. The SMILES string of the molecule is C=CCCCCCCCCCCC(=O)OC(CC(=O)O)C[N+](C)(C)C. The molecule has 0 saturated carbocycles. The molecule has 0 saturated heterocycles. The third-order valence-electron chi connectivity index (χ3n) is 3.99. The molecular formula is C20H38NO4+. The zero-order valence-corrected chi connectivity index (χ0v) is 16.5. The molecule has 0 aliphatic carbocycles. The Bertz CT molecular complexity index is 388. The number of allylic oxidation sites excluding steroid dienone is 1. The lowest BCUT2D eigenvalue weighted by atomic mass is 10.1. The van der Waals surface area contributed by atoms with Gasteiger partial charge < -0.3 is 14.3 Å². The maximum Gasteiger partial charge on any atom is 0.307 e. The van der Waals surface area contributed by atoms with Gasteiger partial charge in [0.1, 0.15) is 6.54 Å². The van der Waals surface area contributed by atoms with Crippen LogP contribution < -0.4 is 0 Å². The van der Waals surface area contributed by atoms with Crippen LogP contribution in [0.1, 0.15) is 70.6 Å². The minimum absolute atomic E-state index is 0.132. The highest BCUT2D eigenvalue weighted by molar-refractivity contribution is 5.71. The van der Waals surface area contributed by atoms with E-state index in [1.54, 1.807) is 0 Å². The van der Waals surface area contributed by atoms with Crippen molar-refractivity contribution in [2.24, 2.45) is 0 Å². The van der Waals surface area contributed by atoms with E-state index in [9.17, 15) is 9.59 Å². The predicted molar refractivity (Wildman–Crippen MR) is 101 cm³/mol. The molecule has 0 aliphatic rings. The van der Waals surface area contributed by atoms with Gasteiger partial charge in [-0.1, -0.05) is 44.6 Å². The van der Waals surface area contributed by atoms with Gasteiger partial charge in [0, 0.05) is 6.42 Å². The Hall–Kier alpha value is -1.36. The van der Waals surface area contributed by atoms with E-state index >= 15 is 0 Å². The van der Waals surface area contributed by atoms with Crippen LogP contribution in [0.2, 0.25) is 0 Å². The standard InChI is InChI=1S/C20H37NO4/c1-5-6-7-8-9-10-11-12-13-14-15-20(24)25-18(16-19(22)23)17-21(2,3)4/h5,18H,1,6-17H2,2-4H3/p+1. The number of carboxylic acids is 1. The molecule has 0 spiro atoms. The zero-order chi connectivity index (χ0) is 19.1. The van der Waals surface area contributed by atoms with Crippen LogP contribution >= 0.6 is 0 Å². The molecule has 1 unspecified atom stereocenters. The molecule has 146 valence electrons. The van der Waals surface area contributed by atoms with Crippen LogP contribution in [-0.2, 0) is 14.3 Å². The molecule has 5 heteroatoms. The summed E-state index contributed by atoms with van der Waals surface area (Å²) in [5, 5.41) is 8.96. The number of unbranched alkanes of at least 4 members (excludes halogenated alkanes) is 8. The van der Waals surface area contributed by atoms with Gasteiger partial charge in [-0.15, -0.1) is 6.58 Å². The maximum absolute atomic E-state index is 11.9. The van der Waals surface area contributed by atoms with Gasteiger partial charge in [-0.2, -0.15) is 0 Å². The molecule has 0 radical (unpaired) electrons. The quantitative estimate of drug-likeness (QED) is 0.195. The van der Waals surface area contributed by atoms with Crippen LogP contribution in [0.3, 0.4) is 0 Å². The Morgan fingerprint density at radius 3 is 2.00 bits per heavy atom. The number of quaternary nitrogens is 1. The molecule has 0 bridgehead atoms. The lowest BCUT2D eigenvalue weighted by Gasteiger charge is -2.28. The largest absolute Gasteiger partial charge is 0.481 e. The summed E-state index contributed by atoms with van der Waals surface area (Å²) in [6.07, 6.45) is 12.0. The number of likely N-dealkylation sites (N-methyl/N-ethyl adjacent to an activating group) is 1. The number of hydrogen-bond donors (Lipinski definition) is 1. The summed E-state index contributed by atoms with van der Waals surface area (Å²) in [5.41, 5.74) is 0. The fourth-order valence-electron chi connectivity index (χ4n) is 2.81. The van der Waals surface area contributed by atoms with E-state index in [-0.39, 0.29) is 12.4 Å². The van der Waals surface area contributed by atoms with E-state index in [0.29, 0.717) is 17.4 Å². The van der Waals surface area contributed by atoms with E-state index in [1.165, 1.54) is 32.1 Å². The number of carbonyl (C=O) groups excluding carboxylic acids is 1. The highest BCUT2D eigenvalue weighted by Gasteiger charge is 2.24. The molecule has 0 amide bonds. The molecular weight excluding hydrogens is 318 g/mol. The number of carbonyl (C=O) groups is 2. The maximum atomic E-state index is 11.9. The van der Waals surface area contributed by atoms with E-state index < -0.39 is 12.1 Å². The Kier molecular flexibility index (Phi) is 13.1. The van der Waals surface area contributed by atoms with Gasteiger partial charge in [0.2, 0.25) is 0 Å². The average Bonchev–Trinajstić information content (AvgIpc) is 2.46. The molecule has 0 heterocycles. The van der Waals surface area contributed by atoms with Crippen LogP contribution in [-0.4, -0.2) is 55.3 Å². The van der Waals surface area contributed by atoms with Crippen molar-refractivity contribution in [2.75, 3.05) is 27.7 Å². The third-order valence-corrected chi connectivity index (χ3v) is 3.99. The van der Waals surface area contributed by atoms with Crippen molar-refractivity contribution < 1.29 is 23.9 Å². The summed E-state index contributed by atoms with van der Waals surface area (Å²) in [6.45, 7) is 4.23. The first kappa shape index (κ1) is 23.6. The molecule has 0 aromatic heterocycles. The second-order valence-corrected chi connectivity index (χ2v) is 7.84. The average molecular weight is 357 g/mol. The molecule has 0 fully saturated rings. The van der Waals surface area contributed by atoms with Gasteiger partial charge in [-0.3, -0.25) is 9.59 Å². The summed E-state index contributed by atoms with van der Waals surface area (Å²) < 4.78 is 5.94. The van der Waals surface area contributed by atoms with E-state index in [2.05, 4.69) is 6.58 Å². The van der Waals surface area contributed by atoms with Gasteiger partial charge in [0.05, 0.1) is 27.6 Å². The molecule has 5 nitrogen and oxygen atoms in total. The van der Waals surface area contributed by atoms with Gasteiger partial charge in [0.15, 0.2) is 6.10 Å². The first-order valence-corrected chi connectivity index (χ1v) is 9.57. The topological polar surface area (TPSA) is 63.6 Å². The number of ether oxygens (including phenoxy) is 1. The fourth-order valence-corrected chi connectivity index (χ4v) is 2.81. The van der Waals surface area contributed by atoms with Crippen molar-refractivity contribution >= 4 is 11.9 Å². The lowest BCUT2D eigenvalue weighted by molar-refractivity contribution is -0.873. The third kappa shape index (κ3) is 17.3. The number of carboxylic acid groups (broad SMARTS) is 1. The van der Waals surface area contributed by atoms with Crippen molar-refractivity contribution in [3.8, 4) is 0 Å². The van der Waals surface area contributed by atoms with Crippen LogP contribution in [0.25, 0.3) is 0 Å². The number of aliphatic carboxylic acids is 1. The Morgan fingerprint density at radius 1 is 1.00 bits per heavy atom. The molecule has 1 atom stereocenters. The number of nitrogens with zero attached hydrogens (tertiary/aromatic N) is 1. The molecule has 1 N–H and O–H groups in total. The van der Waals surface area contributed by atoms with Gasteiger partial charge >= 0.3 is 11.9 Å². The number of hydrogen-bond acceptors (Lipinski definition) is 3. The summed E-state index contributed by atoms with van der Waals surface area (Å²) in [4.78, 5) is 22.8. The molecule has 0 aliphatic heterocycles. The van der Waals surface area contributed by atoms with Crippen LogP contribution in [0, 0.1) is 0 Å². The van der Waals surface area contributed by atoms with E-state index in [4.69, 9.17) is 9.84 Å². The molecule has 25 heavy (non-hydrogen) atoms. The summed E-state index contributed by atoms with van der Waals surface area (Å²) in [6, 6.07) is 0. The zero-order valence-electron chi connectivity index (χ0n) is 16.5. The predicted octanol–water partition coefficient (Wildman–Crippen LogP) is 4.17. The first-order valence-electron chi connectivity index (χ1n) is 9.57. The molecule has 0 aromatic rings. The van der Waals surface area contributed by atoms with Gasteiger partial charge in [-0.05, 0) is 19.3 Å². The second-order valence-electron chi connectivity index (χ2n) is 7.84. The van der Waals surface area contributed by atoms with Crippen molar-refractivity contribution in [1.29, 1.82) is 0 Å². The Labute approximate surface area is 153 Å². The van der Waals surface area contributed by atoms with Crippen molar-refractivity contribution in [3.63, 3.8) is 0 Å². The fraction of sp³-hybridized carbons (Fsp3) is 0.800. The smallest absolute Gasteiger partial charge is 0.307 e. The Balaban J connectivity index is 3.78. The van der Waals surface area contributed by atoms with Crippen LogP contribution in [0.15, 0.2) is 12.7 Å². The minimum Gasteiger partial charge on any atom is -0.481 e. The molecule has 0 rings (SSSR count). The normalized spacial score (nSPS) is 12.6. The van der Waals surface area contributed by atoms with Gasteiger partial charge in [0.25, 0.3) is 0 Å². The highest BCUT2D eigenvalue weighted by Crippen LogP contribution is 2.12. The Morgan fingerprint density at radius 2 is 1.52 bits per heavy atom. The van der Waals surface area contributed by atoms with Crippen molar-refractivity contribution in [3.05, 3.63) is 12.7 Å². The van der Waals surface area contributed by atoms with Crippen LogP contribution in [0.5, 0.6) is 0 Å². The molecule has 0 aromatic carbocycles. The first-order chi connectivity index (χ1) is 11.7. The monoisotopic (exact) mass is 356 g/mol. The lowest BCUT2D eigenvalue weighted by Crippen LogP contribution is -2.43. The van der Waals surface area contributed by atoms with E-state index in [1.807, 2.05) is 27.2 Å². The second kappa shape index (κ2) is 13.9. The number of esters is 1. The van der Waals surface area contributed by atoms with Gasteiger partial charge in [-0.25, -0.2) is 0 Å². The van der Waals surface area contributed by atoms with Crippen molar-refractivity contribution in [2.45, 2.75) is 76.7 Å². The van der Waals surface area contributed by atoms with Crippen LogP contribution in [0.4, 0.5) is 0 Å². The number of rotatable bonds is 16. The minimum atomic E-state index is -0.931. The van der Waals surface area contributed by atoms with Crippen molar-refractivity contribution in [1.82, 2.24) is 0 Å². The van der Waals surface area contributed by atoms with E-state index in [0.717, 1.165) is 25.7 Å². The summed E-state index contributed by atoms with van der Waals surface area (Å²) in [7, 11) is 5.88. The highest BCUT2D eigenvalue weighted by atomic mass is 16.5.